The van der Waals surface area contributed by atoms with Crippen LogP contribution < -0.4 is 10.1 Å². The predicted molar refractivity (Wildman–Crippen MR) is 96.1 cm³/mol. The van der Waals surface area contributed by atoms with E-state index in [2.05, 4.69) is 39.9 Å². The first-order chi connectivity index (χ1) is 11.3. The molecule has 1 N–H and O–H groups in total. The maximum absolute atomic E-state index is 12.3. The predicted octanol–water partition coefficient (Wildman–Crippen LogP) is 3.94. The van der Waals surface area contributed by atoms with Gasteiger partial charge in [-0.3, -0.25) is 0 Å². The van der Waals surface area contributed by atoms with E-state index in [0.717, 1.165) is 19.3 Å². The molecule has 0 aromatic heterocycles. The van der Waals surface area contributed by atoms with Crippen molar-refractivity contribution in [2.24, 2.45) is 5.92 Å². The standard InChI is InChI=1S/C20H31NO3/c1-6-19(4)13-17(15(3)20(5,7-2)21-19)24-18(22)14-23-16-11-9-8-10-12-16/h8-12,15,17,21H,6-7,13-14H2,1-5H3. The van der Waals surface area contributed by atoms with Gasteiger partial charge in [0, 0.05) is 23.4 Å². The molecule has 134 valence electrons. The minimum Gasteiger partial charge on any atom is -0.482 e. The second-order valence-electron chi connectivity index (χ2n) is 7.43. The van der Waals surface area contributed by atoms with Crippen LogP contribution in [0.1, 0.15) is 53.9 Å². The van der Waals surface area contributed by atoms with Crippen LogP contribution in [0.5, 0.6) is 5.75 Å². The number of rotatable bonds is 6. The van der Waals surface area contributed by atoms with E-state index in [0.29, 0.717) is 5.75 Å². The third-order valence-corrected chi connectivity index (χ3v) is 5.70. The maximum Gasteiger partial charge on any atom is 0.344 e. The van der Waals surface area contributed by atoms with Crippen molar-refractivity contribution in [3.05, 3.63) is 30.3 Å². The smallest absolute Gasteiger partial charge is 0.344 e. The molecule has 1 aliphatic heterocycles. The number of nitrogens with one attached hydrogen (secondary N) is 1. The van der Waals surface area contributed by atoms with E-state index in [4.69, 9.17) is 9.47 Å². The van der Waals surface area contributed by atoms with Gasteiger partial charge in [0.15, 0.2) is 6.61 Å². The zero-order valence-corrected chi connectivity index (χ0v) is 15.6. The monoisotopic (exact) mass is 333 g/mol. The van der Waals surface area contributed by atoms with Crippen molar-refractivity contribution in [3.63, 3.8) is 0 Å². The van der Waals surface area contributed by atoms with Gasteiger partial charge in [-0.15, -0.1) is 0 Å². The topological polar surface area (TPSA) is 47.6 Å². The molecule has 0 spiro atoms. The van der Waals surface area contributed by atoms with E-state index in [1.165, 1.54) is 0 Å². The van der Waals surface area contributed by atoms with Crippen LogP contribution in [0.2, 0.25) is 0 Å². The Morgan fingerprint density at radius 2 is 1.88 bits per heavy atom. The molecule has 24 heavy (non-hydrogen) atoms. The SMILES string of the molecule is CCC1(C)CC(OC(=O)COc2ccccc2)C(C)C(C)(CC)N1. The summed E-state index contributed by atoms with van der Waals surface area (Å²) in [6.07, 6.45) is 2.74. The van der Waals surface area contributed by atoms with E-state index < -0.39 is 0 Å². The van der Waals surface area contributed by atoms with Crippen molar-refractivity contribution < 1.29 is 14.3 Å². The Bertz CT molecular complexity index is 547. The Balaban J connectivity index is 1.99. The number of hydrogen-bond acceptors (Lipinski definition) is 4. The van der Waals surface area contributed by atoms with Crippen LogP contribution in [-0.4, -0.2) is 29.8 Å². The number of piperidine rings is 1. The summed E-state index contributed by atoms with van der Waals surface area (Å²) in [4.78, 5) is 12.3. The highest BCUT2D eigenvalue weighted by Crippen LogP contribution is 2.38. The van der Waals surface area contributed by atoms with E-state index in [9.17, 15) is 4.79 Å². The molecule has 4 unspecified atom stereocenters. The fraction of sp³-hybridized carbons (Fsp3) is 0.650. The van der Waals surface area contributed by atoms with E-state index in [1.807, 2.05) is 30.3 Å². The molecule has 1 aromatic carbocycles. The molecule has 1 fully saturated rings. The number of carbonyl (C=O) groups is 1. The quantitative estimate of drug-likeness (QED) is 0.801. The molecule has 1 aromatic rings. The van der Waals surface area contributed by atoms with Gasteiger partial charge in [0.1, 0.15) is 11.9 Å². The van der Waals surface area contributed by atoms with Crippen LogP contribution in [0.15, 0.2) is 30.3 Å². The molecule has 0 bridgehead atoms. The summed E-state index contributed by atoms with van der Waals surface area (Å²) < 4.78 is 11.3. The van der Waals surface area contributed by atoms with E-state index in [1.54, 1.807) is 0 Å². The third kappa shape index (κ3) is 4.29. The highest BCUT2D eigenvalue weighted by molar-refractivity contribution is 5.71. The normalized spacial score (nSPS) is 33.0. The Morgan fingerprint density at radius 3 is 2.46 bits per heavy atom. The number of hydrogen-bond donors (Lipinski definition) is 1. The largest absolute Gasteiger partial charge is 0.482 e. The van der Waals surface area contributed by atoms with Gasteiger partial charge in [0.05, 0.1) is 0 Å². The molecule has 4 atom stereocenters. The minimum atomic E-state index is -0.297. The van der Waals surface area contributed by atoms with Crippen LogP contribution in [0.25, 0.3) is 0 Å². The summed E-state index contributed by atoms with van der Waals surface area (Å²) in [5, 5.41) is 3.79. The van der Waals surface area contributed by atoms with Gasteiger partial charge in [0.2, 0.25) is 0 Å². The number of carbonyl (C=O) groups excluding carboxylic acids is 1. The summed E-state index contributed by atoms with van der Waals surface area (Å²) in [5.41, 5.74) is -0.0449. The Labute approximate surface area is 145 Å². The molecule has 2 rings (SSSR count). The van der Waals surface area contributed by atoms with Gasteiger partial charge in [-0.1, -0.05) is 39.0 Å². The average Bonchev–Trinajstić information content (AvgIpc) is 2.58. The molecule has 0 radical (unpaired) electrons. The average molecular weight is 333 g/mol. The number of ether oxygens (including phenoxy) is 2. The molecule has 4 heteroatoms. The maximum atomic E-state index is 12.3. The fourth-order valence-corrected chi connectivity index (χ4v) is 3.53. The fourth-order valence-electron chi connectivity index (χ4n) is 3.53. The summed E-state index contributed by atoms with van der Waals surface area (Å²) in [5.74, 6) is 0.641. The molecule has 0 amide bonds. The van der Waals surface area contributed by atoms with Gasteiger partial charge in [0.25, 0.3) is 0 Å². The zero-order chi connectivity index (χ0) is 17.8. The van der Waals surface area contributed by atoms with Crippen LogP contribution in [-0.2, 0) is 9.53 Å². The summed E-state index contributed by atoms with van der Waals surface area (Å²) in [6, 6.07) is 9.36. The first kappa shape index (κ1) is 18.8. The number of para-hydroxylation sites is 1. The highest BCUT2D eigenvalue weighted by atomic mass is 16.6. The Kier molecular flexibility index (Phi) is 5.92. The zero-order valence-electron chi connectivity index (χ0n) is 15.6. The summed E-state index contributed by atoms with van der Waals surface area (Å²) in [7, 11) is 0. The molecule has 0 aliphatic carbocycles. The Hall–Kier alpha value is -1.55. The molecule has 1 saturated heterocycles. The number of esters is 1. The van der Waals surface area contributed by atoms with Crippen molar-refractivity contribution in [1.82, 2.24) is 5.32 Å². The van der Waals surface area contributed by atoms with Gasteiger partial charge in [-0.2, -0.15) is 0 Å². The van der Waals surface area contributed by atoms with Gasteiger partial charge < -0.3 is 14.8 Å². The van der Waals surface area contributed by atoms with Gasteiger partial charge in [-0.25, -0.2) is 4.79 Å². The van der Waals surface area contributed by atoms with Crippen LogP contribution >= 0.6 is 0 Å². The van der Waals surface area contributed by atoms with Crippen molar-refractivity contribution in [2.75, 3.05) is 6.61 Å². The van der Waals surface area contributed by atoms with Gasteiger partial charge in [-0.05, 0) is 38.8 Å². The van der Waals surface area contributed by atoms with E-state index in [-0.39, 0.29) is 35.7 Å². The molecular weight excluding hydrogens is 302 g/mol. The summed E-state index contributed by atoms with van der Waals surface area (Å²) in [6.45, 7) is 10.9. The lowest BCUT2D eigenvalue weighted by Gasteiger charge is -2.52. The molecule has 1 aliphatic rings. The highest BCUT2D eigenvalue weighted by Gasteiger charge is 2.47. The molecular formula is C20H31NO3. The lowest BCUT2D eigenvalue weighted by molar-refractivity contribution is -0.161. The Morgan fingerprint density at radius 1 is 1.21 bits per heavy atom. The third-order valence-electron chi connectivity index (χ3n) is 5.70. The van der Waals surface area contributed by atoms with Crippen molar-refractivity contribution in [1.29, 1.82) is 0 Å². The molecule has 1 heterocycles. The second kappa shape index (κ2) is 7.56. The minimum absolute atomic E-state index is 0.0114. The van der Waals surface area contributed by atoms with Crippen LogP contribution in [0.4, 0.5) is 0 Å². The van der Waals surface area contributed by atoms with E-state index >= 15 is 0 Å². The van der Waals surface area contributed by atoms with Crippen molar-refractivity contribution in [2.45, 2.75) is 71.1 Å². The first-order valence-electron chi connectivity index (χ1n) is 8.98. The van der Waals surface area contributed by atoms with Crippen molar-refractivity contribution in [3.8, 4) is 5.75 Å². The second-order valence-corrected chi connectivity index (χ2v) is 7.43. The van der Waals surface area contributed by atoms with Crippen LogP contribution in [0, 0.1) is 5.92 Å². The summed E-state index contributed by atoms with van der Waals surface area (Å²) >= 11 is 0. The number of benzene rings is 1. The molecule has 4 nitrogen and oxygen atoms in total. The molecule has 0 saturated carbocycles. The van der Waals surface area contributed by atoms with Gasteiger partial charge >= 0.3 is 5.97 Å². The van der Waals surface area contributed by atoms with Crippen molar-refractivity contribution >= 4 is 5.97 Å². The first-order valence-corrected chi connectivity index (χ1v) is 8.98. The lowest BCUT2D eigenvalue weighted by Crippen LogP contribution is -2.66. The lowest BCUT2D eigenvalue weighted by atomic mass is 9.70. The van der Waals surface area contributed by atoms with Crippen LogP contribution in [0.3, 0.4) is 0 Å².